The topological polar surface area (TPSA) is 241 Å². The zero-order valence-corrected chi connectivity index (χ0v) is 25.1. The van der Waals surface area contributed by atoms with Crippen LogP contribution in [-0.2, 0) is 25.6 Å². The van der Waals surface area contributed by atoms with Crippen LogP contribution in [0.15, 0.2) is 29.3 Å². The van der Waals surface area contributed by atoms with Crippen LogP contribution < -0.4 is 38.9 Å². The highest BCUT2D eigenvalue weighted by Gasteiger charge is 2.38. The number of aromatic hydroxyl groups is 1. The third-order valence-corrected chi connectivity index (χ3v) is 9.15. The maximum Gasteiger partial charge on any atom is 0.244 e. The van der Waals surface area contributed by atoms with Gasteiger partial charge in [-0.3, -0.25) is 24.2 Å². The number of carbonyl (C=O) groups excluding carboxylic acids is 4. The van der Waals surface area contributed by atoms with Crippen LogP contribution in [0.1, 0.15) is 38.7 Å². The minimum atomic E-state index is -1.000. The normalized spacial score (nSPS) is 22.5. The molecule has 4 amide bonds. The molecule has 0 unspecified atom stereocenters. The standard InChI is InChI=1S/C26H42N8O5S2/c1-26(2)20(21(28)36)34-23(38)18(5-3-4-10-31-25(29)30)32-24(39)19(14-40-11-12-41-26)33-22(37)17(27)13-15-6-8-16(35)9-7-15/h6-9,17-20,35H,3-5,10-14,27H2,1-2H3,(H2,28,36)(H,32,39)(H,33,37)(H,34,38)(H4,29,30,31)/t17-,18-,19+,20-/m0/s1. The van der Waals surface area contributed by atoms with Gasteiger partial charge < -0.3 is 44.0 Å². The molecule has 13 nitrogen and oxygen atoms in total. The minimum absolute atomic E-state index is 0.0400. The van der Waals surface area contributed by atoms with Gasteiger partial charge in [0.15, 0.2) is 5.96 Å². The summed E-state index contributed by atoms with van der Waals surface area (Å²) < 4.78 is -0.702. The van der Waals surface area contributed by atoms with Gasteiger partial charge in [-0.15, -0.1) is 0 Å². The van der Waals surface area contributed by atoms with E-state index in [4.69, 9.17) is 22.9 Å². The summed E-state index contributed by atoms with van der Waals surface area (Å²) in [6.45, 7) is 4.02. The molecule has 1 heterocycles. The van der Waals surface area contributed by atoms with E-state index in [1.807, 2.05) is 13.8 Å². The van der Waals surface area contributed by atoms with E-state index in [9.17, 15) is 24.3 Å². The van der Waals surface area contributed by atoms with Crippen molar-refractivity contribution in [2.45, 2.75) is 68.4 Å². The van der Waals surface area contributed by atoms with Crippen LogP contribution in [0.3, 0.4) is 0 Å². The van der Waals surface area contributed by atoms with Crippen LogP contribution in [0.25, 0.3) is 0 Å². The molecule has 0 aliphatic carbocycles. The lowest BCUT2D eigenvalue weighted by atomic mass is 10.0. The molecular weight excluding hydrogens is 568 g/mol. The fraction of sp³-hybridized carbons (Fsp3) is 0.577. The smallest absolute Gasteiger partial charge is 0.244 e. The number of phenols is 1. The van der Waals surface area contributed by atoms with E-state index in [0.29, 0.717) is 30.9 Å². The Balaban J connectivity index is 2.21. The highest BCUT2D eigenvalue weighted by Crippen LogP contribution is 2.29. The van der Waals surface area contributed by atoms with Crippen molar-refractivity contribution in [1.29, 1.82) is 0 Å². The molecule has 228 valence electrons. The predicted molar refractivity (Wildman–Crippen MR) is 163 cm³/mol. The number of carbonyl (C=O) groups is 4. The molecule has 1 aromatic carbocycles. The quantitative estimate of drug-likeness (QED) is 0.0903. The van der Waals surface area contributed by atoms with E-state index in [2.05, 4.69) is 20.9 Å². The van der Waals surface area contributed by atoms with Gasteiger partial charge in [-0.1, -0.05) is 12.1 Å². The molecule has 0 aromatic heterocycles. The van der Waals surface area contributed by atoms with Crippen molar-refractivity contribution < 1.29 is 24.3 Å². The van der Waals surface area contributed by atoms with Gasteiger partial charge >= 0.3 is 0 Å². The summed E-state index contributed by atoms with van der Waals surface area (Å²) >= 11 is 2.94. The molecule has 15 heteroatoms. The van der Waals surface area contributed by atoms with Gasteiger partial charge in [0.05, 0.1) is 6.04 Å². The second-order valence-electron chi connectivity index (χ2n) is 10.3. The molecule has 1 saturated heterocycles. The van der Waals surface area contributed by atoms with E-state index in [0.717, 1.165) is 5.56 Å². The van der Waals surface area contributed by atoms with Gasteiger partial charge in [-0.2, -0.15) is 23.5 Å². The van der Waals surface area contributed by atoms with E-state index in [1.54, 1.807) is 12.1 Å². The first-order valence-corrected chi connectivity index (χ1v) is 15.4. The molecule has 1 aliphatic rings. The van der Waals surface area contributed by atoms with Gasteiger partial charge in [-0.25, -0.2) is 0 Å². The molecule has 0 bridgehead atoms. The average molecular weight is 611 g/mol. The molecule has 4 atom stereocenters. The fourth-order valence-corrected chi connectivity index (χ4v) is 6.44. The Morgan fingerprint density at radius 3 is 2.41 bits per heavy atom. The predicted octanol–water partition coefficient (Wildman–Crippen LogP) is -1.10. The molecule has 12 N–H and O–H groups in total. The van der Waals surface area contributed by atoms with Crippen LogP contribution in [-0.4, -0.2) is 87.4 Å². The van der Waals surface area contributed by atoms with Crippen LogP contribution >= 0.6 is 23.5 Å². The Labute approximate surface area is 248 Å². The van der Waals surface area contributed by atoms with Crippen LogP contribution in [0.5, 0.6) is 5.75 Å². The number of nitrogens with zero attached hydrogens (tertiary/aromatic N) is 1. The van der Waals surface area contributed by atoms with Crippen molar-refractivity contribution in [2.24, 2.45) is 27.9 Å². The monoisotopic (exact) mass is 610 g/mol. The fourth-order valence-electron chi connectivity index (χ4n) is 4.13. The Morgan fingerprint density at radius 1 is 1.10 bits per heavy atom. The maximum atomic E-state index is 13.4. The Bertz CT molecular complexity index is 1080. The molecular formula is C26H42N8O5S2. The first-order valence-electron chi connectivity index (χ1n) is 13.3. The van der Waals surface area contributed by atoms with Crippen LogP contribution in [0.4, 0.5) is 0 Å². The van der Waals surface area contributed by atoms with Gasteiger partial charge in [-0.05, 0) is 57.2 Å². The van der Waals surface area contributed by atoms with Gasteiger partial charge in [0, 0.05) is 28.6 Å². The number of hydrogen-bond acceptors (Lipinski definition) is 9. The van der Waals surface area contributed by atoms with Crippen LogP contribution in [0, 0.1) is 0 Å². The average Bonchev–Trinajstić information content (AvgIpc) is 2.90. The highest BCUT2D eigenvalue weighted by atomic mass is 32.2. The largest absolute Gasteiger partial charge is 0.508 e. The van der Waals surface area contributed by atoms with Crippen molar-refractivity contribution in [3.63, 3.8) is 0 Å². The lowest BCUT2D eigenvalue weighted by Crippen LogP contribution is -2.61. The molecule has 1 aliphatic heterocycles. The number of nitrogens with one attached hydrogen (secondary N) is 3. The van der Waals surface area contributed by atoms with Crippen LogP contribution in [0.2, 0.25) is 0 Å². The number of aliphatic imine (C=N–C) groups is 1. The Morgan fingerprint density at radius 2 is 1.78 bits per heavy atom. The molecule has 1 aromatic rings. The number of guanidine groups is 1. The highest BCUT2D eigenvalue weighted by molar-refractivity contribution is 8.03. The zero-order chi connectivity index (χ0) is 30.6. The summed E-state index contributed by atoms with van der Waals surface area (Å²) in [4.78, 5) is 56.0. The second-order valence-corrected chi connectivity index (χ2v) is 13.2. The number of thioether (sulfide) groups is 2. The molecule has 1 fully saturated rings. The number of unbranched alkanes of at least 4 members (excludes halogenated alkanes) is 1. The van der Waals surface area contributed by atoms with Gasteiger partial charge in [0.25, 0.3) is 0 Å². The van der Waals surface area contributed by atoms with Crippen molar-refractivity contribution in [2.75, 3.05) is 23.8 Å². The summed E-state index contributed by atoms with van der Waals surface area (Å²) in [6, 6.07) is 2.47. The number of rotatable bonds is 10. The van der Waals surface area contributed by atoms with Gasteiger partial charge in [0.1, 0.15) is 23.9 Å². The van der Waals surface area contributed by atoms with Crippen molar-refractivity contribution in [3.05, 3.63) is 29.8 Å². The summed E-state index contributed by atoms with van der Waals surface area (Å²) in [6.07, 6.45) is 1.50. The van der Waals surface area contributed by atoms with Crippen molar-refractivity contribution >= 4 is 53.1 Å². The second kappa shape index (κ2) is 16.3. The number of amides is 4. The van der Waals surface area contributed by atoms with E-state index < -0.39 is 52.5 Å². The lowest BCUT2D eigenvalue weighted by molar-refractivity contribution is -0.133. The third-order valence-electron chi connectivity index (χ3n) is 6.44. The van der Waals surface area contributed by atoms with E-state index in [-0.39, 0.29) is 30.3 Å². The number of benzene rings is 1. The number of phenolic OH excluding ortho intramolecular Hbond substituents is 1. The number of primary amides is 1. The van der Waals surface area contributed by atoms with E-state index >= 15 is 0 Å². The first-order chi connectivity index (χ1) is 19.3. The minimum Gasteiger partial charge on any atom is -0.508 e. The molecule has 2 rings (SSSR count). The summed E-state index contributed by atoms with van der Waals surface area (Å²) in [5, 5.41) is 17.7. The Hall–Kier alpha value is -3.17. The summed E-state index contributed by atoms with van der Waals surface area (Å²) in [7, 11) is 0. The zero-order valence-electron chi connectivity index (χ0n) is 23.4. The SMILES string of the molecule is CC1(C)SCCSC[C@@H](NC(=O)[C@@H](N)Cc2ccc(O)cc2)C(=O)N[C@@H](CCCCN=C(N)N)C(=O)N[C@H]1C(N)=O. The third kappa shape index (κ3) is 11.7. The number of nitrogens with two attached hydrogens (primary N) is 4. The maximum absolute atomic E-state index is 13.4. The molecule has 0 radical (unpaired) electrons. The summed E-state index contributed by atoms with van der Waals surface area (Å²) in [5.41, 5.74) is 23.3. The summed E-state index contributed by atoms with van der Waals surface area (Å²) in [5.74, 6) is -0.746. The number of hydrogen-bond donors (Lipinski definition) is 8. The molecule has 0 saturated carbocycles. The van der Waals surface area contributed by atoms with Gasteiger partial charge in [0.2, 0.25) is 23.6 Å². The Kier molecular flexibility index (Phi) is 13.5. The van der Waals surface area contributed by atoms with Crippen molar-refractivity contribution in [3.8, 4) is 5.75 Å². The van der Waals surface area contributed by atoms with Crippen molar-refractivity contribution in [1.82, 2.24) is 16.0 Å². The first kappa shape index (κ1) is 34.0. The van der Waals surface area contributed by atoms with E-state index in [1.165, 1.54) is 35.7 Å². The lowest BCUT2D eigenvalue weighted by Gasteiger charge is -2.33. The molecule has 0 spiro atoms. The molecule has 41 heavy (non-hydrogen) atoms.